The maximum Gasteiger partial charge on any atom is 0.196 e. The Morgan fingerprint density at radius 3 is 1.88 bits per heavy atom. The number of ether oxygens (including phenoxy) is 3. The van der Waals surface area contributed by atoms with Crippen molar-refractivity contribution in [2.45, 2.75) is 25.7 Å². The highest BCUT2D eigenvalue weighted by Gasteiger charge is 2.51. The van der Waals surface area contributed by atoms with Crippen molar-refractivity contribution in [3.8, 4) is 11.5 Å². The highest BCUT2D eigenvalue weighted by Crippen LogP contribution is 2.51. The van der Waals surface area contributed by atoms with Gasteiger partial charge >= 0.3 is 0 Å². The van der Waals surface area contributed by atoms with Crippen LogP contribution in [0.1, 0.15) is 31.1 Å². The van der Waals surface area contributed by atoms with Gasteiger partial charge in [-0.05, 0) is 47.9 Å². The Morgan fingerprint density at radius 1 is 0.875 bits per heavy atom. The van der Waals surface area contributed by atoms with Crippen LogP contribution in [0.3, 0.4) is 0 Å². The molecule has 1 saturated heterocycles. The van der Waals surface area contributed by atoms with Gasteiger partial charge < -0.3 is 19.3 Å². The second kappa shape index (κ2) is 6.46. The summed E-state index contributed by atoms with van der Waals surface area (Å²) in [5, 5.41) is 11.2. The van der Waals surface area contributed by atoms with E-state index < -0.39 is 5.79 Å². The molecule has 0 spiro atoms. The third kappa shape index (κ3) is 2.76. The molecule has 1 aliphatic rings. The first-order valence-electron chi connectivity index (χ1n) is 8.18. The molecule has 1 N–H and O–H groups in total. The van der Waals surface area contributed by atoms with E-state index in [4.69, 9.17) is 14.2 Å². The SMILES string of the molecule is COc1ccc([C@@H]2OC(O)(c3ccc(OC)cc3)[C@H](C)[C@H]2C)cc1. The summed E-state index contributed by atoms with van der Waals surface area (Å²) in [7, 11) is 3.27. The largest absolute Gasteiger partial charge is 0.497 e. The fraction of sp³-hybridized carbons (Fsp3) is 0.400. The first-order valence-corrected chi connectivity index (χ1v) is 8.18. The van der Waals surface area contributed by atoms with E-state index in [1.165, 1.54) is 0 Å². The van der Waals surface area contributed by atoms with Gasteiger partial charge in [0.2, 0.25) is 0 Å². The molecular weight excluding hydrogens is 304 g/mol. The Labute approximate surface area is 143 Å². The second-order valence-electron chi connectivity index (χ2n) is 6.38. The van der Waals surface area contributed by atoms with Crippen LogP contribution >= 0.6 is 0 Å². The molecule has 128 valence electrons. The molecule has 2 aromatic carbocycles. The van der Waals surface area contributed by atoms with Crippen molar-refractivity contribution in [2.75, 3.05) is 14.2 Å². The molecule has 4 atom stereocenters. The van der Waals surface area contributed by atoms with Crippen molar-refractivity contribution in [2.24, 2.45) is 11.8 Å². The standard InChI is InChI=1S/C20H24O4/c1-13-14(2)20(21,16-7-11-18(23-4)12-8-16)24-19(13)15-5-9-17(22-3)10-6-15/h5-14,19,21H,1-4H3/t13-,14-,19-,20?/m1/s1. The summed E-state index contributed by atoms with van der Waals surface area (Å²) in [4.78, 5) is 0. The Hall–Kier alpha value is -2.04. The molecule has 0 saturated carbocycles. The van der Waals surface area contributed by atoms with Crippen LogP contribution in [0.4, 0.5) is 0 Å². The molecule has 0 radical (unpaired) electrons. The fourth-order valence-corrected chi connectivity index (χ4v) is 3.35. The topological polar surface area (TPSA) is 47.9 Å². The van der Waals surface area contributed by atoms with Gasteiger partial charge in [0.05, 0.1) is 20.3 Å². The zero-order chi connectivity index (χ0) is 17.3. The van der Waals surface area contributed by atoms with E-state index in [9.17, 15) is 5.11 Å². The van der Waals surface area contributed by atoms with Crippen LogP contribution in [0.25, 0.3) is 0 Å². The Morgan fingerprint density at radius 2 is 1.38 bits per heavy atom. The molecule has 4 heteroatoms. The van der Waals surface area contributed by atoms with Gasteiger partial charge in [-0.15, -0.1) is 0 Å². The number of hydrogen-bond acceptors (Lipinski definition) is 4. The highest BCUT2D eigenvalue weighted by atomic mass is 16.6. The zero-order valence-corrected chi connectivity index (χ0v) is 14.5. The predicted octanol–water partition coefficient (Wildman–Crippen LogP) is 3.89. The van der Waals surface area contributed by atoms with Crippen LogP contribution < -0.4 is 9.47 Å². The normalized spacial score (nSPS) is 29.5. The fourth-order valence-electron chi connectivity index (χ4n) is 3.35. The third-order valence-electron chi connectivity index (χ3n) is 5.14. The van der Waals surface area contributed by atoms with E-state index in [2.05, 4.69) is 6.92 Å². The second-order valence-corrected chi connectivity index (χ2v) is 6.38. The minimum atomic E-state index is -1.31. The average Bonchev–Trinajstić information content (AvgIpc) is 2.87. The van der Waals surface area contributed by atoms with Crippen LogP contribution in [-0.2, 0) is 10.5 Å². The maximum atomic E-state index is 11.2. The van der Waals surface area contributed by atoms with E-state index in [1.54, 1.807) is 14.2 Å². The van der Waals surface area contributed by atoms with Crippen molar-refractivity contribution in [1.82, 2.24) is 0 Å². The van der Waals surface area contributed by atoms with Crippen molar-refractivity contribution in [3.05, 3.63) is 59.7 Å². The van der Waals surface area contributed by atoms with Gasteiger partial charge in [-0.3, -0.25) is 0 Å². The predicted molar refractivity (Wildman–Crippen MR) is 92.0 cm³/mol. The molecule has 1 fully saturated rings. The van der Waals surface area contributed by atoms with Crippen LogP contribution in [-0.4, -0.2) is 19.3 Å². The molecule has 0 bridgehead atoms. The van der Waals surface area contributed by atoms with Gasteiger partial charge in [-0.2, -0.15) is 0 Å². The van der Waals surface area contributed by atoms with Gasteiger partial charge in [0, 0.05) is 11.5 Å². The lowest BCUT2D eigenvalue weighted by Gasteiger charge is -2.28. The summed E-state index contributed by atoms with van der Waals surface area (Å²) in [6.45, 7) is 4.14. The highest BCUT2D eigenvalue weighted by molar-refractivity contribution is 5.33. The average molecular weight is 328 g/mol. The van der Waals surface area contributed by atoms with Gasteiger partial charge in [-0.1, -0.05) is 26.0 Å². The lowest BCUT2D eigenvalue weighted by Crippen LogP contribution is -2.31. The first-order chi connectivity index (χ1) is 11.5. The van der Waals surface area contributed by atoms with Crippen molar-refractivity contribution < 1.29 is 19.3 Å². The molecule has 1 heterocycles. The quantitative estimate of drug-likeness (QED) is 0.925. The Balaban J connectivity index is 1.90. The summed E-state index contributed by atoms with van der Waals surface area (Å²) < 4.78 is 16.6. The van der Waals surface area contributed by atoms with E-state index in [0.29, 0.717) is 0 Å². The van der Waals surface area contributed by atoms with Gasteiger partial charge in [0.1, 0.15) is 11.5 Å². The van der Waals surface area contributed by atoms with E-state index in [0.717, 1.165) is 22.6 Å². The molecule has 3 rings (SSSR count). The minimum Gasteiger partial charge on any atom is -0.497 e. The number of hydrogen-bond donors (Lipinski definition) is 1. The van der Waals surface area contributed by atoms with Crippen molar-refractivity contribution in [1.29, 1.82) is 0 Å². The lowest BCUT2D eigenvalue weighted by atomic mass is 9.83. The summed E-state index contributed by atoms with van der Waals surface area (Å²) >= 11 is 0. The lowest BCUT2D eigenvalue weighted by molar-refractivity contribution is -0.220. The monoisotopic (exact) mass is 328 g/mol. The number of aliphatic hydroxyl groups is 1. The van der Waals surface area contributed by atoms with Crippen molar-refractivity contribution in [3.63, 3.8) is 0 Å². The molecule has 2 aromatic rings. The zero-order valence-electron chi connectivity index (χ0n) is 14.5. The van der Waals surface area contributed by atoms with Gasteiger partial charge in [-0.25, -0.2) is 0 Å². The van der Waals surface area contributed by atoms with Gasteiger partial charge in [0.25, 0.3) is 0 Å². The minimum absolute atomic E-state index is 0.0435. The third-order valence-corrected chi connectivity index (χ3v) is 5.14. The van der Waals surface area contributed by atoms with Crippen LogP contribution in [0.2, 0.25) is 0 Å². The van der Waals surface area contributed by atoms with Crippen LogP contribution in [0.5, 0.6) is 11.5 Å². The molecule has 24 heavy (non-hydrogen) atoms. The first kappa shape index (κ1) is 16.8. The summed E-state index contributed by atoms with van der Waals surface area (Å²) in [5.74, 6) is 0.384. The number of methoxy groups -OCH3 is 2. The Kier molecular flexibility index (Phi) is 4.52. The Bertz CT molecular complexity index is 680. The number of rotatable bonds is 4. The smallest absolute Gasteiger partial charge is 0.196 e. The van der Waals surface area contributed by atoms with Crippen LogP contribution in [0.15, 0.2) is 48.5 Å². The van der Waals surface area contributed by atoms with Crippen molar-refractivity contribution >= 4 is 0 Å². The molecule has 1 unspecified atom stereocenters. The van der Waals surface area contributed by atoms with E-state index >= 15 is 0 Å². The summed E-state index contributed by atoms with van der Waals surface area (Å²) in [5.41, 5.74) is 1.79. The van der Waals surface area contributed by atoms with E-state index in [-0.39, 0.29) is 17.9 Å². The molecular formula is C20H24O4. The molecule has 0 aliphatic carbocycles. The molecule has 0 aromatic heterocycles. The maximum absolute atomic E-state index is 11.2. The summed E-state index contributed by atoms with van der Waals surface area (Å²) in [6.07, 6.45) is -0.169. The molecule has 1 aliphatic heterocycles. The van der Waals surface area contributed by atoms with Gasteiger partial charge in [0.15, 0.2) is 5.79 Å². The number of benzene rings is 2. The molecule has 0 amide bonds. The molecule has 4 nitrogen and oxygen atoms in total. The van der Waals surface area contributed by atoms with Crippen LogP contribution in [0, 0.1) is 11.8 Å². The summed E-state index contributed by atoms with van der Waals surface area (Å²) in [6, 6.07) is 15.2. The van der Waals surface area contributed by atoms with E-state index in [1.807, 2.05) is 55.5 Å².